The molecule has 0 radical (unpaired) electrons. The van der Waals surface area contributed by atoms with E-state index in [1.54, 1.807) is 18.9 Å². The van der Waals surface area contributed by atoms with Crippen molar-refractivity contribution < 1.29 is 9.15 Å². The zero-order valence-electron chi connectivity index (χ0n) is 11.5. The fraction of sp³-hybridized carbons (Fsp3) is 0.467. The number of hydrogen-bond acceptors (Lipinski definition) is 5. The van der Waals surface area contributed by atoms with Gasteiger partial charge < -0.3 is 9.15 Å². The Morgan fingerprint density at radius 1 is 1.25 bits per heavy atom. The van der Waals surface area contributed by atoms with E-state index in [1.165, 1.54) is 25.7 Å². The van der Waals surface area contributed by atoms with E-state index in [9.17, 15) is 0 Å². The van der Waals surface area contributed by atoms with Gasteiger partial charge in [-0.25, -0.2) is 0 Å². The van der Waals surface area contributed by atoms with Gasteiger partial charge in [0.05, 0.1) is 13.5 Å². The lowest BCUT2D eigenvalue weighted by atomic mass is 10.1. The molecular formula is C15H18N2O2S. The van der Waals surface area contributed by atoms with E-state index in [0.29, 0.717) is 22.8 Å². The third-order valence-corrected chi connectivity index (χ3v) is 4.72. The molecule has 5 heteroatoms. The Bertz CT molecular complexity index is 565. The molecule has 1 saturated carbocycles. The highest BCUT2D eigenvalue weighted by Gasteiger charge is 2.19. The molecule has 1 aromatic heterocycles. The van der Waals surface area contributed by atoms with Crippen molar-refractivity contribution in [3.05, 3.63) is 35.7 Å². The van der Waals surface area contributed by atoms with Crippen molar-refractivity contribution in [3.63, 3.8) is 0 Å². The number of para-hydroxylation sites is 1. The van der Waals surface area contributed by atoms with Crippen LogP contribution in [-0.4, -0.2) is 22.6 Å². The normalized spacial score (nSPS) is 15.7. The van der Waals surface area contributed by atoms with Crippen molar-refractivity contribution in [1.29, 1.82) is 0 Å². The first-order chi connectivity index (χ1) is 9.85. The minimum atomic E-state index is 0.613. The van der Waals surface area contributed by atoms with Gasteiger partial charge in [-0.15, -0.1) is 10.2 Å². The van der Waals surface area contributed by atoms with Crippen LogP contribution in [-0.2, 0) is 6.42 Å². The predicted molar refractivity (Wildman–Crippen MR) is 78.2 cm³/mol. The summed E-state index contributed by atoms with van der Waals surface area (Å²) in [5, 5.41) is 9.62. The van der Waals surface area contributed by atoms with E-state index in [4.69, 9.17) is 9.15 Å². The van der Waals surface area contributed by atoms with E-state index in [2.05, 4.69) is 10.2 Å². The zero-order chi connectivity index (χ0) is 13.8. The van der Waals surface area contributed by atoms with Crippen LogP contribution in [0.5, 0.6) is 5.75 Å². The molecule has 106 valence electrons. The van der Waals surface area contributed by atoms with Gasteiger partial charge in [0.15, 0.2) is 0 Å². The highest BCUT2D eigenvalue weighted by atomic mass is 32.2. The number of ether oxygens (including phenoxy) is 1. The van der Waals surface area contributed by atoms with Gasteiger partial charge in [-0.1, -0.05) is 42.8 Å². The van der Waals surface area contributed by atoms with Crippen LogP contribution in [0.2, 0.25) is 0 Å². The van der Waals surface area contributed by atoms with E-state index in [1.807, 2.05) is 24.3 Å². The maximum Gasteiger partial charge on any atom is 0.276 e. The lowest BCUT2D eigenvalue weighted by Gasteiger charge is -2.05. The average Bonchev–Trinajstić information content (AvgIpc) is 3.12. The predicted octanol–water partition coefficient (Wildman–Crippen LogP) is 3.70. The van der Waals surface area contributed by atoms with Crippen LogP contribution in [0.3, 0.4) is 0 Å². The van der Waals surface area contributed by atoms with Crippen molar-refractivity contribution in [1.82, 2.24) is 10.2 Å². The molecule has 0 N–H and O–H groups in total. The Hall–Kier alpha value is -1.49. The van der Waals surface area contributed by atoms with Crippen molar-refractivity contribution >= 4 is 11.8 Å². The monoisotopic (exact) mass is 290 g/mol. The van der Waals surface area contributed by atoms with Crippen LogP contribution in [0, 0.1) is 0 Å². The maximum atomic E-state index is 5.73. The molecule has 1 heterocycles. The lowest BCUT2D eigenvalue weighted by Crippen LogP contribution is -1.93. The maximum absolute atomic E-state index is 5.73. The molecule has 20 heavy (non-hydrogen) atoms. The van der Waals surface area contributed by atoms with Crippen LogP contribution < -0.4 is 4.74 Å². The van der Waals surface area contributed by atoms with E-state index < -0.39 is 0 Å². The summed E-state index contributed by atoms with van der Waals surface area (Å²) >= 11 is 1.72. The molecule has 0 atom stereocenters. The van der Waals surface area contributed by atoms with Crippen molar-refractivity contribution in [2.75, 3.05) is 7.11 Å². The zero-order valence-corrected chi connectivity index (χ0v) is 12.4. The van der Waals surface area contributed by atoms with Gasteiger partial charge in [-0.05, 0) is 18.9 Å². The van der Waals surface area contributed by atoms with Gasteiger partial charge in [-0.3, -0.25) is 0 Å². The number of hydrogen-bond donors (Lipinski definition) is 0. The fourth-order valence-electron chi connectivity index (χ4n) is 2.52. The SMILES string of the molecule is COc1ccccc1Cc1nnc(SC2CCCC2)o1. The molecule has 0 amide bonds. The number of methoxy groups -OCH3 is 1. The Morgan fingerprint density at radius 2 is 2.05 bits per heavy atom. The molecule has 3 rings (SSSR count). The minimum Gasteiger partial charge on any atom is -0.496 e. The fourth-order valence-corrected chi connectivity index (χ4v) is 3.60. The molecule has 0 saturated heterocycles. The van der Waals surface area contributed by atoms with Gasteiger partial charge in [0.1, 0.15) is 5.75 Å². The smallest absolute Gasteiger partial charge is 0.276 e. The van der Waals surface area contributed by atoms with Gasteiger partial charge in [0, 0.05) is 10.8 Å². The molecule has 1 aromatic carbocycles. The van der Waals surface area contributed by atoms with Gasteiger partial charge >= 0.3 is 0 Å². The highest BCUT2D eigenvalue weighted by Crippen LogP contribution is 2.34. The standard InChI is InChI=1S/C15H18N2O2S/c1-18-13-9-5-2-6-11(13)10-14-16-17-15(19-14)20-12-7-3-4-8-12/h2,5-6,9,12H,3-4,7-8,10H2,1H3. The van der Waals surface area contributed by atoms with Crippen molar-refractivity contribution in [2.24, 2.45) is 0 Å². The molecule has 0 spiro atoms. The third-order valence-electron chi connectivity index (χ3n) is 3.55. The summed E-state index contributed by atoms with van der Waals surface area (Å²) < 4.78 is 11.1. The Kier molecular flexibility index (Phi) is 4.25. The first kappa shape index (κ1) is 13.5. The number of nitrogens with zero attached hydrogens (tertiary/aromatic N) is 2. The molecular weight excluding hydrogens is 272 g/mol. The number of thioether (sulfide) groups is 1. The summed E-state index contributed by atoms with van der Waals surface area (Å²) in [5.74, 6) is 1.51. The summed E-state index contributed by atoms with van der Waals surface area (Å²) in [6.07, 6.45) is 5.77. The van der Waals surface area contributed by atoms with Crippen LogP contribution in [0.25, 0.3) is 0 Å². The van der Waals surface area contributed by atoms with Gasteiger partial charge in [-0.2, -0.15) is 0 Å². The average molecular weight is 290 g/mol. The highest BCUT2D eigenvalue weighted by molar-refractivity contribution is 7.99. The molecule has 2 aromatic rings. The van der Waals surface area contributed by atoms with E-state index in [-0.39, 0.29) is 0 Å². The molecule has 0 unspecified atom stereocenters. The number of rotatable bonds is 5. The van der Waals surface area contributed by atoms with E-state index >= 15 is 0 Å². The van der Waals surface area contributed by atoms with E-state index in [0.717, 1.165) is 11.3 Å². The second-order valence-corrected chi connectivity index (χ2v) is 6.23. The summed E-state index contributed by atoms with van der Waals surface area (Å²) in [5.41, 5.74) is 1.07. The lowest BCUT2D eigenvalue weighted by molar-refractivity contribution is 0.400. The first-order valence-corrected chi connectivity index (χ1v) is 7.84. The topological polar surface area (TPSA) is 48.2 Å². The Balaban J connectivity index is 1.67. The molecule has 1 aliphatic rings. The van der Waals surface area contributed by atoms with Crippen LogP contribution in [0.1, 0.15) is 37.1 Å². The molecule has 1 aliphatic carbocycles. The molecule has 1 fully saturated rings. The minimum absolute atomic E-state index is 0.613. The van der Waals surface area contributed by atoms with Crippen molar-refractivity contribution in [3.8, 4) is 5.75 Å². The van der Waals surface area contributed by atoms with Gasteiger partial charge in [0.25, 0.3) is 5.22 Å². The summed E-state index contributed by atoms with van der Waals surface area (Å²) in [6.45, 7) is 0. The van der Waals surface area contributed by atoms with Crippen LogP contribution >= 0.6 is 11.8 Å². The van der Waals surface area contributed by atoms with Gasteiger partial charge in [0.2, 0.25) is 5.89 Å². The van der Waals surface area contributed by atoms with Crippen LogP contribution in [0.4, 0.5) is 0 Å². The summed E-state index contributed by atoms with van der Waals surface area (Å²) in [6, 6.07) is 7.91. The van der Waals surface area contributed by atoms with Crippen LogP contribution in [0.15, 0.2) is 33.9 Å². The summed E-state index contributed by atoms with van der Waals surface area (Å²) in [7, 11) is 1.67. The molecule has 0 aliphatic heterocycles. The second kappa shape index (κ2) is 6.31. The quantitative estimate of drug-likeness (QED) is 0.840. The third kappa shape index (κ3) is 3.15. The largest absolute Gasteiger partial charge is 0.496 e. The Labute approximate surface area is 122 Å². The number of benzene rings is 1. The molecule has 0 bridgehead atoms. The van der Waals surface area contributed by atoms with Crippen molar-refractivity contribution in [2.45, 2.75) is 42.6 Å². The Morgan fingerprint density at radius 3 is 2.85 bits per heavy atom. The number of aromatic nitrogens is 2. The molecule has 4 nitrogen and oxygen atoms in total. The first-order valence-electron chi connectivity index (χ1n) is 6.96. The second-order valence-electron chi connectivity index (χ2n) is 4.97. The summed E-state index contributed by atoms with van der Waals surface area (Å²) in [4.78, 5) is 0.